The summed E-state index contributed by atoms with van der Waals surface area (Å²) in [6.07, 6.45) is 1.25. The van der Waals surface area contributed by atoms with Gasteiger partial charge in [-0.25, -0.2) is 14.2 Å². The summed E-state index contributed by atoms with van der Waals surface area (Å²) in [4.78, 5) is 37.4. The first-order valence-electron chi connectivity index (χ1n) is 7.59. The molecule has 9 heteroatoms. The molecule has 1 heterocycles. The third-order valence-electron chi connectivity index (χ3n) is 3.46. The summed E-state index contributed by atoms with van der Waals surface area (Å²) in [5.74, 6) is -2.55. The molecule has 8 nitrogen and oxygen atoms in total. The third kappa shape index (κ3) is 3.87. The van der Waals surface area contributed by atoms with Crippen LogP contribution >= 0.6 is 0 Å². The first kappa shape index (κ1) is 17.9. The van der Waals surface area contributed by atoms with E-state index in [9.17, 15) is 24.1 Å². The van der Waals surface area contributed by atoms with Crippen LogP contribution in [0.3, 0.4) is 0 Å². The van der Waals surface area contributed by atoms with Crippen molar-refractivity contribution in [3.05, 3.63) is 75.2 Å². The number of hydrogen-bond donors (Lipinski definition) is 0. The highest BCUT2D eigenvalue weighted by Gasteiger charge is 2.26. The fourth-order valence-electron chi connectivity index (χ4n) is 2.32. The first-order valence-corrected chi connectivity index (χ1v) is 7.59. The van der Waals surface area contributed by atoms with Crippen LogP contribution in [0.5, 0.6) is 5.75 Å². The van der Waals surface area contributed by atoms with Crippen molar-refractivity contribution < 1.29 is 28.4 Å². The normalized spacial score (nSPS) is 14.7. The van der Waals surface area contributed by atoms with Gasteiger partial charge >= 0.3 is 17.6 Å². The second-order valence-corrected chi connectivity index (χ2v) is 5.39. The van der Waals surface area contributed by atoms with E-state index in [1.807, 2.05) is 0 Å². The highest BCUT2D eigenvalue weighted by atomic mass is 19.1. The number of aliphatic imine (C=N–C) groups is 1. The van der Waals surface area contributed by atoms with Crippen molar-refractivity contribution in [1.82, 2.24) is 0 Å². The number of hydrogen-bond acceptors (Lipinski definition) is 7. The van der Waals surface area contributed by atoms with Crippen molar-refractivity contribution in [2.75, 3.05) is 0 Å². The number of nitrogens with zero attached hydrogens (tertiary/aromatic N) is 2. The number of nitro benzene ring substituents is 1. The Morgan fingerprint density at radius 3 is 2.70 bits per heavy atom. The number of rotatable bonds is 4. The summed E-state index contributed by atoms with van der Waals surface area (Å²) >= 11 is 0. The molecule has 0 aliphatic carbocycles. The molecule has 1 aliphatic rings. The summed E-state index contributed by atoms with van der Waals surface area (Å²) in [5, 5.41) is 11.2. The number of halogens is 1. The molecular weight excluding hydrogens is 359 g/mol. The van der Waals surface area contributed by atoms with Crippen molar-refractivity contribution in [1.29, 1.82) is 0 Å². The van der Waals surface area contributed by atoms with Crippen molar-refractivity contribution in [2.45, 2.75) is 6.92 Å². The van der Waals surface area contributed by atoms with Gasteiger partial charge in [-0.2, -0.15) is 0 Å². The topological polar surface area (TPSA) is 108 Å². The number of cyclic esters (lactones) is 1. The van der Waals surface area contributed by atoms with Gasteiger partial charge in [-0.05, 0) is 29.8 Å². The Labute approximate surface area is 151 Å². The van der Waals surface area contributed by atoms with Crippen LogP contribution in [0.25, 0.3) is 6.08 Å². The highest BCUT2D eigenvalue weighted by molar-refractivity contribution is 6.13. The molecule has 0 saturated heterocycles. The maximum atomic E-state index is 13.8. The van der Waals surface area contributed by atoms with Crippen LogP contribution in [0, 0.1) is 15.9 Å². The van der Waals surface area contributed by atoms with Crippen molar-refractivity contribution in [2.24, 2.45) is 4.99 Å². The van der Waals surface area contributed by atoms with Gasteiger partial charge in [0.15, 0.2) is 5.70 Å². The number of carbonyl (C=O) groups is 2. The predicted octanol–water partition coefficient (Wildman–Crippen LogP) is 3.00. The third-order valence-corrected chi connectivity index (χ3v) is 3.46. The fourth-order valence-corrected chi connectivity index (χ4v) is 2.32. The van der Waals surface area contributed by atoms with E-state index >= 15 is 0 Å². The van der Waals surface area contributed by atoms with Gasteiger partial charge in [0.25, 0.3) is 0 Å². The Balaban J connectivity index is 1.97. The predicted molar refractivity (Wildman–Crippen MR) is 91.4 cm³/mol. The molecule has 0 spiro atoms. The van der Waals surface area contributed by atoms with Gasteiger partial charge in [0, 0.05) is 13.0 Å². The molecule has 136 valence electrons. The van der Waals surface area contributed by atoms with Crippen LogP contribution in [0.1, 0.15) is 18.1 Å². The molecule has 0 fully saturated rings. The molecule has 3 rings (SSSR count). The van der Waals surface area contributed by atoms with Crippen LogP contribution in [0.4, 0.5) is 10.1 Å². The Bertz CT molecular complexity index is 1030. The molecule has 0 bridgehead atoms. The molecule has 1 aliphatic heterocycles. The maximum Gasteiger partial charge on any atom is 0.363 e. The second kappa shape index (κ2) is 7.16. The van der Waals surface area contributed by atoms with E-state index < -0.39 is 28.4 Å². The summed E-state index contributed by atoms with van der Waals surface area (Å²) in [7, 11) is 0. The molecule has 0 radical (unpaired) electrons. The zero-order chi connectivity index (χ0) is 19.6. The molecule has 0 amide bonds. The van der Waals surface area contributed by atoms with Gasteiger partial charge in [-0.15, -0.1) is 0 Å². The van der Waals surface area contributed by atoms with Crippen LogP contribution < -0.4 is 4.74 Å². The average Bonchev–Trinajstić information content (AvgIpc) is 2.96. The lowest BCUT2D eigenvalue weighted by Gasteiger charge is -2.03. The largest absolute Gasteiger partial charge is 0.419 e. The zero-order valence-electron chi connectivity index (χ0n) is 13.8. The standard InChI is InChI=1S/C18H11FN2O6/c1-10(22)26-16-7-6-11(9-15(16)21(24)25)8-14-18(23)27-17(20-14)12-4-2-3-5-13(12)19/h2-9H,1H3/b14-8-. The molecular formula is C18H11FN2O6. The van der Waals surface area contributed by atoms with E-state index in [0.29, 0.717) is 0 Å². The van der Waals surface area contributed by atoms with Crippen LogP contribution in [0.2, 0.25) is 0 Å². The van der Waals surface area contributed by atoms with E-state index in [-0.39, 0.29) is 28.5 Å². The Morgan fingerprint density at radius 1 is 1.30 bits per heavy atom. The highest BCUT2D eigenvalue weighted by Crippen LogP contribution is 2.30. The molecule has 2 aromatic rings. The molecule has 27 heavy (non-hydrogen) atoms. The summed E-state index contributed by atoms with van der Waals surface area (Å²) in [5.41, 5.74) is -0.333. The fraction of sp³-hybridized carbons (Fsp3) is 0.0556. The minimum atomic E-state index is -0.819. The number of benzene rings is 2. The number of carbonyl (C=O) groups excluding carboxylic acids is 2. The van der Waals surface area contributed by atoms with E-state index in [0.717, 1.165) is 13.0 Å². The minimum Gasteiger partial charge on any atom is -0.419 e. The quantitative estimate of drug-likeness (QED) is 0.269. The molecule has 2 aromatic carbocycles. The molecule has 0 N–H and O–H groups in total. The molecule has 0 unspecified atom stereocenters. The van der Waals surface area contributed by atoms with Gasteiger partial charge in [-0.3, -0.25) is 14.9 Å². The molecule has 0 aromatic heterocycles. The molecule has 0 atom stereocenters. The lowest BCUT2D eigenvalue weighted by Crippen LogP contribution is -2.07. The lowest BCUT2D eigenvalue weighted by atomic mass is 10.1. The van der Waals surface area contributed by atoms with Crippen molar-refractivity contribution >= 4 is 29.6 Å². The number of nitro groups is 1. The van der Waals surface area contributed by atoms with Gasteiger partial charge in [-0.1, -0.05) is 18.2 Å². The van der Waals surface area contributed by atoms with Crippen LogP contribution in [-0.4, -0.2) is 22.8 Å². The molecule has 0 saturated carbocycles. The second-order valence-electron chi connectivity index (χ2n) is 5.39. The van der Waals surface area contributed by atoms with Crippen molar-refractivity contribution in [3.63, 3.8) is 0 Å². The Kier molecular flexibility index (Phi) is 4.75. The number of ether oxygens (including phenoxy) is 2. The Morgan fingerprint density at radius 2 is 2.04 bits per heavy atom. The van der Waals surface area contributed by atoms with Crippen molar-refractivity contribution in [3.8, 4) is 5.75 Å². The average molecular weight is 370 g/mol. The van der Waals surface area contributed by atoms with Gasteiger partial charge in [0.2, 0.25) is 11.6 Å². The zero-order valence-corrected chi connectivity index (χ0v) is 13.8. The van der Waals surface area contributed by atoms with E-state index in [4.69, 9.17) is 9.47 Å². The summed E-state index contributed by atoms with van der Waals surface area (Å²) < 4.78 is 23.6. The number of esters is 2. The van der Waals surface area contributed by atoms with Crippen LogP contribution in [-0.2, 0) is 14.3 Å². The van der Waals surface area contributed by atoms with Gasteiger partial charge in [0.1, 0.15) is 5.82 Å². The summed E-state index contributed by atoms with van der Waals surface area (Å²) in [6.45, 7) is 1.12. The van der Waals surface area contributed by atoms with E-state index in [1.54, 1.807) is 6.07 Å². The summed E-state index contributed by atoms with van der Waals surface area (Å²) in [6, 6.07) is 9.41. The SMILES string of the molecule is CC(=O)Oc1ccc(/C=C2\N=C(c3ccccc3F)OC2=O)cc1[N+](=O)[O-]. The smallest absolute Gasteiger partial charge is 0.363 e. The minimum absolute atomic E-state index is 0.0189. The Hall–Kier alpha value is -3.88. The van der Waals surface area contributed by atoms with E-state index in [1.165, 1.54) is 36.4 Å². The monoisotopic (exact) mass is 370 g/mol. The first-order chi connectivity index (χ1) is 12.8. The van der Waals surface area contributed by atoms with Crippen LogP contribution in [0.15, 0.2) is 53.2 Å². The van der Waals surface area contributed by atoms with Gasteiger partial charge in [0.05, 0.1) is 10.5 Å². The lowest BCUT2D eigenvalue weighted by molar-refractivity contribution is -0.385. The van der Waals surface area contributed by atoms with E-state index in [2.05, 4.69) is 4.99 Å². The van der Waals surface area contributed by atoms with Gasteiger partial charge < -0.3 is 9.47 Å². The maximum absolute atomic E-state index is 13.8.